The zero-order valence-corrected chi connectivity index (χ0v) is 21.1. The molecule has 0 aromatic heterocycles. The van der Waals surface area contributed by atoms with E-state index in [0.717, 1.165) is 12.1 Å². The van der Waals surface area contributed by atoms with E-state index in [9.17, 15) is 29.8 Å². The first-order valence-electron chi connectivity index (χ1n) is 11.6. The van der Waals surface area contributed by atoms with Gasteiger partial charge in [-0.25, -0.2) is 0 Å². The summed E-state index contributed by atoms with van der Waals surface area (Å²) in [6, 6.07) is 13.6. The molecule has 0 aliphatic carbocycles. The third-order valence-corrected chi connectivity index (χ3v) is 4.96. The average Bonchev–Trinajstić information content (AvgIpc) is 2.84. The van der Waals surface area contributed by atoms with Gasteiger partial charge in [-0.1, -0.05) is 0 Å². The molecule has 0 heterocycles. The number of hydrogen-bond donors (Lipinski definition) is 2. The molecule has 0 bridgehead atoms. The summed E-state index contributed by atoms with van der Waals surface area (Å²) in [6.45, 7) is 7.06. The van der Waals surface area contributed by atoms with E-state index in [0.29, 0.717) is 11.4 Å². The second kappa shape index (κ2) is 11.8. The van der Waals surface area contributed by atoms with Gasteiger partial charge in [-0.15, -0.1) is 0 Å². The highest BCUT2D eigenvalue weighted by Gasteiger charge is 2.21. The highest BCUT2D eigenvalue weighted by atomic mass is 16.6. The minimum Gasteiger partial charge on any atom is -0.490 e. The number of hydrogen-bond acceptors (Lipinski definition) is 8. The number of anilines is 2. The van der Waals surface area contributed by atoms with Crippen LogP contribution < -0.4 is 20.1 Å². The number of benzene rings is 3. The van der Waals surface area contributed by atoms with Crippen LogP contribution in [0.5, 0.6) is 11.5 Å². The molecule has 2 N–H and O–H groups in total. The number of nitro benzene ring substituents is 2. The Morgan fingerprint density at radius 1 is 0.658 bits per heavy atom. The van der Waals surface area contributed by atoms with Crippen molar-refractivity contribution in [3.05, 3.63) is 92.0 Å². The monoisotopic (exact) mass is 522 g/mol. The van der Waals surface area contributed by atoms with E-state index < -0.39 is 21.7 Å². The van der Waals surface area contributed by atoms with E-state index >= 15 is 0 Å². The molecule has 0 fully saturated rings. The Bertz CT molecular complexity index is 1270. The predicted molar refractivity (Wildman–Crippen MR) is 140 cm³/mol. The summed E-state index contributed by atoms with van der Waals surface area (Å²) >= 11 is 0. The summed E-state index contributed by atoms with van der Waals surface area (Å²) in [7, 11) is 0. The number of ether oxygens (including phenoxy) is 2. The summed E-state index contributed by atoms with van der Waals surface area (Å²) < 4.78 is 11.2. The summed E-state index contributed by atoms with van der Waals surface area (Å²) in [6.07, 6.45) is -0.521. The number of nitrogens with zero attached hydrogens (tertiary/aromatic N) is 2. The van der Waals surface area contributed by atoms with Gasteiger partial charge in [-0.05, 0) is 64.1 Å². The van der Waals surface area contributed by atoms with Gasteiger partial charge in [0, 0.05) is 35.6 Å². The maximum Gasteiger partial charge on any atom is 0.270 e. The zero-order chi connectivity index (χ0) is 28.0. The molecule has 38 heavy (non-hydrogen) atoms. The minimum absolute atomic E-state index is 0.00590. The van der Waals surface area contributed by atoms with Gasteiger partial charge in [-0.2, -0.15) is 0 Å². The lowest BCUT2D eigenvalue weighted by atomic mass is 10.1. The molecule has 0 atom stereocenters. The fraction of sp³-hybridized carbons (Fsp3) is 0.231. The Labute approximate surface area is 217 Å². The number of carbonyl (C=O) groups is 2. The van der Waals surface area contributed by atoms with E-state index in [-0.39, 0.29) is 46.2 Å². The van der Waals surface area contributed by atoms with Crippen molar-refractivity contribution in [3.8, 4) is 11.5 Å². The standard InChI is InChI=1S/C26H26N4O8/c1-15(2)37-23-11-9-19(29(33)34)13-21(23)25(31)27-17-5-7-18(8-6-17)28-26(32)22-14-20(30(35)36)10-12-24(22)38-16(3)4/h5-16H,1-4H3,(H,27,31)(H,28,32). The van der Waals surface area contributed by atoms with Crippen LogP contribution in [0, 0.1) is 20.2 Å². The molecule has 3 aromatic carbocycles. The van der Waals surface area contributed by atoms with Crippen LogP contribution in [0.2, 0.25) is 0 Å². The molecule has 3 aromatic rings. The van der Waals surface area contributed by atoms with Crippen molar-refractivity contribution < 1.29 is 28.9 Å². The number of rotatable bonds is 10. The van der Waals surface area contributed by atoms with Crippen molar-refractivity contribution >= 4 is 34.6 Å². The SMILES string of the molecule is CC(C)Oc1ccc([N+](=O)[O-])cc1C(=O)Nc1ccc(NC(=O)c2cc([N+](=O)[O-])ccc2OC(C)C)cc1. The molecule has 0 saturated carbocycles. The molecule has 0 aliphatic rings. The topological polar surface area (TPSA) is 163 Å². The van der Waals surface area contributed by atoms with Crippen molar-refractivity contribution in [2.45, 2.75) is 39.9 Å². The first kappa shape index (κ1) is 27.6. The summed E-state index contributed by atoms with van der Waals surface area (Å²) in [5.41, 5.74) is 0.184. The molecule has 0 radical (unpaired) electrons. The van der Waals surface area contributed by atoms with Gasteiger partial charge >= 0.3 is 0 Å². The minimum atomic E-state index is -0.617. The van der Waals surface area contributed by atoms with Crippen LogP contribution in [-0.4, -0.2) is 33.9 Å². The fourth-order valence-corrected chi connectivity index (χ4v) is 3.37. The molecule has 12 nitrogen and oxygen atoms in total. The van der Waals surface area contributed by atoms with Gasteiger partial charge < -0.3 is 20.1 Å². The predicted octanol–water partition coefficient (Wildman–Crippen LogP) is 5.58. The lowest BCUT2D eigenvalue weighted by molar-refractivity contribution is -0.385. The first-order chi connectivity index (χ1) is 17.9. The van der Waals surface area contributed by atoms with Crippen LogP contribution >= 0.6 is 0 Å². The first-order valence-corrected chi connectivity index (χ1v) is 11.6. The lowest BCUT2D eigenvalue weighted by Crippen LogP contribution is -2.17. The van der Waals surface area contributed by atoms with Gasteiger partial charge in [0.05, 0.1) is 33.2 Å². The molecule has 2 amide bonds. The van der Waals surface area contributed by atoms with Gasteiger partial charge in [0.2, 0.25) is 0 Å². The van der Waals surface area contributed by atoms with Gasteiger partial charge in [0.15, 0.2) is 0 Å². The molecular formula is C26H26N4O8. The molecule has 0 aliphatic heterocycles. The molecule has 0 spiro atoms. The molecule has 198 valence electrons. The van der Waals surface area contributed by atoms with Crippen LogP contribution in [0.4, 0.5) is 22.7 Å². The summed E-state index contributed by atoms with van der Waals surface area (Å²) in [5, 5.41) is 27.7. The molecule has 0 unspecified atom stereocenters. The smallest absolute Gasteiger partial charge is 0.270 e. The molecular weight excluding hydrogens is 496 g/mol. The van der Waals surface area contributed by atoms with E-state index in [1.54, 1.807) is 27.7 Å². The van der Waals surface area contributed by atoms with Crippen molar-refractivity contribution in [2.24, 2.45) is 0 Å². The number of nitrogens with one attached hydrogen (secondary N) is 2. The Balaban J connectivity index is 1.78. The number of nitro groups is 2. The van der Waals surface area contributed by atoms with E-state index in [1.165, 1.54) is 48.5 Å². The fourth-order valence-electron chi connectivity index (χ4n) is 3.37. The maximum atomic E-state index is 12.9. The average molecular weight is 523 g/mol. The summed E-state index contributed by atoms with van der Waals surface area (Å²) in [4.78, 5) is 46.9. The Morgan fingerprint density at radius 2 is 1.00 bits per heavy atom. The normalized spacial score (nSPS) is 10.7. The van der Waals surface area contributed by atoms with Crippen LogP contribution in [0.1, 0.15) is 48.4 Å². The second-order valence-corrected chi connectivity index (χ2v) is 8.69. The largest absolute Gasteiger partial charge is 0.490 e. The van der Waals surface area contributed by atoms with Crippen LogP contribution in [0.3, 0.4) is 0 Å². The number of amides is 2. The van der Waals surface area contributed by atoms with Crippen molar-refractivity contribution in [1.82, 2.24) is 0 Å². The quantitative estimate of drug-likeness (QED) is 0.257. The van der Waals surface area contributed by atoms with Crippen molar-refractivity contribution in [1.29, 1.82) is 0 Å². The van der Waals surface area contributed by atoms with Crippen LogP contribution in [0.15, 0.2) is 60.7 Å². The molecule has 0 saturated heterocycles. The Kier molecular flexibility index (Phi) is 8.58. The van der Waals surface area contributed by atoms with E-state index in [2.05, 4.69) is 10.6 Å². The van der Waals surface area contributed by atoms with E-state index in [1.807, 2.05) is 0 Å². The van der Waals surface area contributed by atoms with Gasteiger partial charge in [-0.3, -0.25) is 29.8 Å². The van der Waals surface area contributed by atoms with Gasteiger partial charge in [0.1, 0.15) is 11.5 Å². The maximum absolute atomic E-state index is 12.9. The van der Waals surface area contributed by atoms with Crippen molar-refractivity contribution in [3.63, 3.8) is 0 Å². The third kappa shape index (κ3) is 7.03. The van der Waals surface area contributed by atoms with Crippen LogP contribution in [-0.2, 0) is 0 Å². The van der Waals surface area contributed by atoms with E-state index in [4.69, 9.17) is 9.47 Å². The Hall–Kier alpha value is -5.00. The second-order valence-electron chi connectivity index (χ2n) is 8.69. The number of non-ortho nitro benzene ring substituents is 2. The summed E-state index contributed by atoms with van der Waals surface area (Å²) in [5.74, 6) is -0.840. The number of carbonyl (C=O) groups excluding carboxylic acids is 2. The lowest BCUT2D eigenvalue weighted by Gasteiger charge is -2.15. The molecule has 12 heteroatoms. The van der Waals surface area contributed by atoms with Crippen molar-refractivity contribution in [2.75, 3.05) is 10.6 Å². The van der Waals surface area contributed by atoms with Gasteiger partial charge in [0.25, 0.3) is 23.2 Å². The highest BCUT2D eigenvalue weighted by molar-refractivity contribution is 6.08. The molecule has 3 rings (SSSR count). The third-order valence-electron chi connectivity index (χ3n) is 4.96. The highest BCUT2D eigenvalue weighted by Crippen LogP contribution is 2.28. The Morgan fingerprint density at radius 3 is 1.29 bits per heavy atom. The van der Waals surface area contributed by atoms with Crippen LogP contribution in [0.25, 0.3) is 0 Å². The zero-order valence-electron chi connectivity index (χ0n) is 21.1.